The monoisotopic (exact) mass is 298 g/mol. The zero-order valence-corrected chi connectivity index (χ0v) is 11.8. The highest BCUT2D eigenvalue weighted by Crippen LogP contribution is 2.30. The third kappa shape index (κ3) is 3.19. The molecule has 0 saturated carbocycles. The van der Waals surface area contributed by atoms with Crippen molar-refractivity contribution >= 4 is 29.3 Å². The third-order valence-corrected chi connectivity index (χ3v) is 3.27. The second-order valence-corrected chi connectivity index (χ2v) is 4.87. The van der Waals surface area contributed by atoms with Gasteiger partial charge in [0.15, 0.2) is 0 Å². The van der Waals surface area contributed by atoms with E-state index in [0.717, 1.165) is 16.7 Å². The Kier molecular flexibility index (Phi) is 4.43. The summed E-state index contributed by atoms with van der Waals surface area (Å²) >= 11 is 12.1. The van der Waals surface area contributed by atoms with Crippen molar-refractivity contribution in [3.8, 4) is 23.3 Å². The van der Waals surface area contributed by atoms with Crippen molar-refractivity contribution in [1.82, 2.24) is 0 Å². The summed E-state index contributed by atoms with van der Waals surface area (Å²) in [5, 5.41) is 18.7. The molecule has 20 heavy (non-hydrogen) atoms. The highest BCUT2D eigenvalue weighted by Gasteiger charge is 2.04. The zero-order chi connectivity index (χ0) is 14.5. The first-order valence-electron chi connectivity index (χ1n) is 5.71. The Balaban J connectivity index is 2.39. The summed E-state index contributed by atoms with van der Waals surface area (Å²) in [5.74, 6) is 0. The topological polar surface area (TPSA) is 47.6 Å². The Labute approximate surface area is 127 Å². The third-order valence-electron chi connectivity index (χ3n) is 2.70. The van der Waals surface area contributed by atoms with Crippen LogP contribution in [-0.2, 0) is 0 Å². The quantitative estimate of drug-likeness (QED) is 0.725. The Morgan fingerprint density at radius 1 is 0.950 bits per heavy atom. The Bertz CT molecular complexity index is 732. The fourth-order valence-electron chi connectivity index (χ4n) is 1.73. The van der Waals surface area contributed by atoms with Crippen molar-refractivity contribution in [2.24, 2.45) is 0 Å². The fourth-order valence-corrected chi connectivity index (χ4v) is 2.13. The number of halogens is 2. The molecule has 0 spiro atoms. The van der Waals surface area contributed by atoms with Gasteiger partial charge < -0.3 is 0 Å². The van der Waals surface area contributed by atoms with Crippen LogP contribution >= 0.6 is 23.2 Å². The standard InChI is InChI=1S/C16H8Cl2N2/c17-14-5-6-16(18)15(8-14)13-3-1-11(2-4-13)7-12(9-19)10-20/h1-8H. The minimum atomic E-state index is 0.0681. The summed E-state index contributed by atoms with van der Waals surface area (Å²) in [6, 6.07) is 16.3. The van der Waals surface area contributed by atoms with Crippen molar-refractivity contribution in [3.05, 3.63) is 63.6 Å². The molecule has 0 aliphatic rings. The van der Waals surface area contributed by atoms with E-state index in [0.29, 0.717) is 10.0 Å². The number of hydrogen-bond donors (Lipinski definition) is 0. The van der Waals surface area contributed by atoms with E-state index >= 15 is 0 Å². The Hall–Kier alpha value is -2.26. The number of nitrogens with zero attached hydrogens (tertiary/aromatic N) is 2. The molecule has 0 saturated heterocycles. The van der Waals surface area contributed by atoms with Gasteiger partial charge in [0, 0.05) is 15.6 Å². The van der Waals surface area contributed by atoms with Crippen molar-refractivity contribution in [2.75, 3.05) is 0 Å². The highest BCUT2D eigenvalue weighted by atomic mass is 35.5. The molecule has 0 amide bonds. The maximum Gasteiger partial charge on any atom is 0.130 e. The van der Waals surface area contributed by atoms with Crippen LogP contribution in [0.25, 0.3) is 17.2 Å². The van der Waals surface area contributed by atoms with Crippen molar-refractivity contribution in [1.29, 1.82) is 10.5 Å². The van der Waals surface area contributed by atoms with Crippen LogP contribution in [0.4, 0.5) is 0 Å². The smallest absolute Gasteiger partial charge is 0.130 e. The normalized spacial score (nSPS) is 9.40. The van der Waals surface area contributed by atoms with Crippen molar-refractivity contribution in [2.45, 2.75) is 0 Å². The molecule has 0 atom stereocenters. The summed E-state index contributed by atoms with van der Waals surface area (Å²) in [6.45, 7) is 0. The largest absolute Gasteiger partial charge is 0.192 e. The maximum atomic E-state index is 8.71. The second kappa shape index (κ2) is 6.26. The van der Waals surface area contributed by atoms with E-state index < -0.39 is 0 Å². The Morgan fingerprint density at radius 3 is 2.20 bits per heavy atom. The average Bonchev–Trinajstić information content (AvgIpc) is 2.48. The molecule has 0 bridgehead atoms. The summed E-state index contributed by atoms with van der Waals surface area (Å²) in [7, 11) is 0. The summed E-state index contributed by atoms with van der Waals surface area (Å²) in [4.78, 5) is 0. The van der Waals surface area contributed by atoms with Crippen molar-refractivity contribution < 1.29 is 0 Å². The van der Waals surface area contributed by atoms with Crippen LogP contribution in [0.3, 0.4) is 0 Å². The van der Waals surface area contributed by atoms with Gasteiger partial charge in [-0.1, -0.05) is 47.5 Å². The number of benzene rings is 2. The lowest BCUT2D eigenvalue weighted by Crippen LogP contribution is -1.81. The predicted octanol–water partition coefficient (Wildman–Crippen LogP) is 5.09. The van der Waals surface area contributed by atoms with Crippen LogP contribution in [0.5, 0.6) is 0 Å². The van der Waals surface area contributed by atoms with E-state index in [1.54, 1.807) is 18.2 Å². The molecular weight excluding hydrogens is 291 g/mol. The van der Waals surface area contributed by atoms with Crippen LogP contribution in [0.2, 0.25) is 10.0 Å². The summed E-state index contributed by atoms with van der Waals surface area (Å²) in [6.07, 6.45) is 1.53. The summed E-state index contributed by atoms with van der Waals surface area (Å²) < 4.78 is 0. The molecule has 2 aromatic carbocycles. The molecule has 0 aliphatic carbocycles. The fraction of sp³-hybridized carbons (Fsp3) is 0. The average molecular weight is 299 g/mol. The zero-order valence-electron chi connectivity index (χ0n) is 10.3. The predicted molar refractivity (Wildman–Crippen MR) is 81.1 cm³/mol. The van der Waals surface area contributed by atoms with Gasteiger partial charge in [-0.15, -0.1) is 0 Å². The van der Waals surface area contributed by atoms with E-state index in [1.165, 1.54) is 6.08 Å². The molecule has 0 radical (unpaired) electrons. The van der Waals surface area contributed by atoms with E-state index in [2.05, 4.69) is 0 Å². The number of nitriles is 2. The van der Waals surface area contributed by atoms with Gasteiger partial charge in [-0.25, -0.2) is 0 Å². The molecule has 0 unspecified atom stereocenters. The van der Waals surface area contributed by atoms with Gasteiger partial charge in [0.1, 0.15) is 17.7 Å². The van der Waals surface area contributed by atoms with E-state index in [1.807, 2.05) is 36.4 Å². The molecule has 0 N–H and O–H groups in total. The van der Waals surface area contributed by atoms with Crippen LogP contribution < -0.4 is 0 Å². The van der Waals surface area contributed by atoms with E-state index in [-0.39, 0.29) is 5.57 Å². The number of allylic oxidation sites excluding steroid dienone is 1. The lowest BCUT2D eigenvalue weighted by atomic mass is 10.0. The molecule has 0 fully saturated rings. The lowest BCUT2D eigenvalue weighted by molar-refractivity contribution is 1.47. The van der Waals surface area contributed by atoms with E-state index in [4.69, 9.17) is 33.7 Å². The lowest BCUT2D eigenvalue weighted by Gasteiger charge is -2.05. The molecule has 4 heteroatoms. The first kappa shape index (κ1) is 14.2. The SMILES string of the molecule is N#CC(C#N)=Cc1ccc(-c2cc(Cl)ccc2Cl)cc1. The van der Waals surface area contributed by atoms with Gasteiger partial charge in [0.05, 0.1) is 0 Å². The van der Waals surface area contributed by atoms with Crippen LogP contribution in [0.1, 0.15) is 5.56 Å². The molecule has 2 rings (SSSR count). The minimum Gasteiger partial charge on any atom is -0.192 e. The Morgan fingerprint density at radius 2 is 1.60 bits per heavy atom. The van der Waals surface area contributed by atoms with Crippen LogP contribution in [0.15, 0.2) is 48.0 Å². The first-order chi connectivity index (χ1) is 9.63. The molecule has 2 nitrogen and oxygen atoms in total. The van der Waals surface area contributed by atoms with E-state index in [9.17, 15) is 0 Å². The summed E-state index contributed by atoms with van der Waals surface area (Å²) in [5.41, 5.74) is 2.61. The van der Waals surface area contributed by atoms with Gasteiger partial charge >= 0.3 is 0 Å². The van der Waals surface area contributed by atoms with Crippen LogP contribution in [0, 0.1) is 22.7 Å². The van der Waals surface area contributed by atoms with Crippen molar-refractivity contribution in [3.63, 3.8) is 0 Å². The molecule has 2 aromatic rings. The molecule has 0 heterocycles. The van der Waals surface area contributed by atoms with Gasteiger partial charge in [-0.05, 0) is 35.4 Å². The van der Waals surface area contributed by atoms with Gasteiger partial charge in [0.25, 0.3) is 0 Å². The number of hydrogen-bond acceptors (Lipinski definition) is 2. The highest BCUT2D eigenvalue weighted by molar-refractivity contribution is 6.35. The molecular formula is C16H8Cl2N2. The molecule has 96 valence electrons. The molecule has 0 aromatic heterocycles. The van der Waals surface area contributed by atoms with Gasteiger partial charge in [-0.2, -0.15) is 10.5 Å². The minimum absolute atomic E-state index is 0.0681. The maximum absolute atomic E-state index is 8.71. The number of rotatable bonds is 2. The van der Waals surface area contributed by atoms with Crippen LogP contribution in [-0.4, -0.2) is 0 Å². The van der Waals surface area contributed by atoms with Gasteiger partial charge in [0.2, 0.25) is 0 Å². The van der Waals surface area contributed by atoms with Gasteiger partial charge in [-0.3, -0.25) is 0 Å². The second-order valence-electron chi connectivity index (χ2n) is 4.03. The molecule has 0 aliphatic heterocycles. The first-order valence-corrected chi connectivity index (χ1v) is 6.47.